The van der Waals surface area contributed by atoms with Crippen LogP contribution in [-0.2, 0) is 6.54 Å². The predicted molar refractivity (Wildman–Crippen MR) is 74.8 cm³/mol. The number of nitrogens with one attached hydrogen (secondary N) is 1. The first kappa shape index (κ1) is 14.5. The van der Waals surface area contributed by atoms with Crippen LogP contribution in [0.1, 0.15) is 15.9 Å². The normalized spacial score (nSPS) is 10.3. The van der Waals surface area contributed by atoms with E-state index in [9.17, 15) is 13.6 Å². The number of anilines is 1. The minimum absolute atomic E-state index is 0.161. The lowest BCUT2D eigenvalue weighted by Gasteiger charge is -2.10. The van der Waals surface area contributed by atoms with Gasteiger partial charge in [0.1, 0.15) is 11.6 Å². The van der Waals surface area contributed by atoms with Gasteiger partial charge in [-0.3, -0.25) is 0 Å². The largest absolute Gasteiger partial charge is 0.478 e. The van der Waals surface area contributed by atoms with Crippen molar-refractivity contribution in [1.29, 1.82) is 0 Å². The first-order chi connectivity index (χ1) is 9.47. The van der Waals surface area contributed by atoms with E-state index >= 15 is 0 Å². The van der Waals surface area contributed by atoms with Crippen molar-refractivity contribution in [1.82, 2.24) is 0 Å². The molecule has 20 heavy (non-hydrogen) atoms. The summed E-state index contributed by atoms with van der Waals surface area (Å²) in [5, 5.41) is 11.6. The molecule has 2 N–H and O–H groups in total. The Hall–Kier alpha value is -1.95. The Labute approximate surface area is 122 Å². The van der Waals surface area contributed by atoms with E-state index in [1.807, 2.05) is 0 Å². The number of carbonyl (C=O) groups is 1. The zero-order valence-electron chi connectivity index (χ0n) is 10.2. The Bertz CT molecular complexity index is 621. The van der Waals surface area contributed by atoms with Gasteiger partial charge in [-0.05, 0) is 39.7 Å². The highest BCUT2D eigenvalue weighted by Crippen LogP contribution is 2.27. The summed E-state index contributed by atoms with van der Waals surface area (Å²) >= 11 is 3.08. The van der Waals surface area contributed by atoms with E-state index in [1.165, 1.54) is 18.2 Å². The molecule has 0 saturated heterocycles. The third kappa shape index (κ3) is 3.33. The summed E-state index contributed by atoms with van der Waals surface area (Å²) in [5.41, 5.74) is 1.13. The molecule has 2 rings (SSSR count). The monoisotopic (exact) mass is 341 g/mol. The van der Waals surface area contributed by atoms with Gasteiger partial charge >= 0.3 is 5.97 Å². The summed E-state index contributed by atoms with van der Waals surface area (Å²) in [7, 11) is 0. The SMILES string of the molecule is O=C(O)c1ccc(CNc2c(F)cc(F)cc2Br)cc1. The van der Waals surface area contributed by atoms with Crippen LogP contribution in [0.15, 0.2) is 40.9 Å². The number of carboxylic acids is 1. The maximum atomic E-state index is 13.6. The van der Waals surface area contributed by atoms with Gasteiger partial charge in [-0.25, -0.2) is 13.6 Å². The topological polar surface area (TPSA) is 49.3 Å². The van der Waals surface area contributed by atoms with Crippen molar-refractivity contribution >= 4 is 27.6 Å². The molecule has 0 atom stereocenters. The Kier molecular flexibility index (Phi) is 4.34. The smallest absolute Gasteiger partial charge is 0.335 e. The molecule has 0 aromatic heterocycles. The Morgan fingerprint density at radius 2 is 1.85 bits per heavy atom. The second-order valence-corrected chi connectivity index (χ2v) is 4.95. The molecule has 104 valence electrons. The lowest BCUT2D eigenvalue weighted by atomic mass is 10.1. The van der Waals surface area contributed by atoms with Crippen LogP contribution < -0.4 is 5.32 Å². The first-order valence-corrected chi connectivity index (χ1v) is 6.47. The average molecular weight is 342 g/mol. The lowest BCUT2D eigenvalue weighted by molar-refractivity contribution is 0.0697. The molecule has 0 bridgehead atoms. The summed E-state index contributed by atoms with van der Waals surface area (Å²) in [5.74, 6) is -2.36. The molecular formula is C14H10BrF2NO2. The molecule has 0 saturated carbocycles. The van der Waals surface area contributed by atoms with E-state index in [-0.39, 0.29) is 15.7 Å². The fourth-order valence-electron chi connectivity index (χ4n) is 1.67. The standard InChI is InChI=1S/C14H10BrF2NO2/c15-11-5-10(16)6-12(17)13(11)18-7-8-1-3-9(4-2-8)14(19)20/h1-6,18H,7H2,(H,19,20). The quantitative estimate of drug-likeness (QED) is 0.882. The highest BCUT2D eigenvalue weighted by Gasteiger charge is 2.09. The molecule has 2 aromatic carbocycles. The van der Waals surface area contributed by atoms with Crippen molar-refractivity contribution in [3.63, 3.8) is 0 Å². The third-order valence-corrected chi connectivity index (χ3v) is 3.30. The Balaban J connectivity index is 2.11. The molecule has 0 aliphatic heterocycles. The number of carboxylic acid groups (broad SMARTS) is 1. The van der Waals surface area contributed by atoms with E-state index in [4.69, 9.17) is 5.11 Å². The van der Waals surface area contributed by atoms with Crippen molar-refractivity contribution in [2.75, 3.05) is 5.32 Å². The molecule has 0 aliphatic rings. The van der Waals surface area contributed by atoms with Gasteiger partial charge in [0.05, 0.1) is 11.3 Å². The molecule has 0 unspecified atom stereocenters. The van der Waals surface area contributed by atoms with Crippen LogP contribution >= 0.6 is 15.9 Å². The molecule has 0 spiro atoms. The van der Waals surface area contributed by atoms with Crippen molar-refractivity contribution in [3.05, 3.63) is 63.6 Å². The molecule has 0 amide bonds. The van der Waals surface area contributed by atoms with Gasteiger partial charge in [0.25, 0.3) is 0 Å². The highest BCUT2D eigenvalue weighted by molar-refractivity contribution is 9.10. The molecule has 0 heterocycles. The van der Waals surface area contributed by atoms with Gasteiger partial charge in [0, 0.05) is 17.1 Å². The van der Waals surface area contributed by atoms with E-state index in [1.54, 1.807) is 12.1 Å². The van der Waals surface area contributed by atoms with Crippen molar-refractivity contribution < 1.29 is 18.7 Å². The molecule has 3 nitrogen and oxygen atoms in total. The molecule has 0 radical (unpaired) electrons. The maximum Gasteiger partial charge on any atom is 0.335 e. The molecular weight excluding hydrogens is 332 g/mol. The Morgan fingerprint density at radius 1 is 1.20 bits per heavy atom. The number of aromatic carboxylic acids is 1. The van der Waals surface area contributed by atoms with Crippen molar-refractivity contribution in [2.45, 2.75) is 6.54 Å². The molecule has 2 aromatic rings. The van der Waals surface area contributed by atoms with E-state index in [0.717, 1.165) is 11.6 Å². The van der Waals surface area contributed by atoms with Crippen molar-refractivity contribution in [3.8, 4) is 0 Å². The van der Waals surface area contributed by atoms with Crippen LogP contribution in [0.4, 0.5) is 14.5 Å². The van der Waals surface area contributed by atoms with Crippen LogP contribution in [0.25, 0.3) is 0 Å². The average Bonchev–Trinajstić information content (AvgIpc) is 2.38. The zero-order valence-corrected chi connectivity index (χ0v) is 11.7. The summed E-state index contributed by atoms with van der Waals surface area (Å²) in [4.78, 5) is 10.7. The second kappa shape index (κ2) is 6.00. The van der Waals surface area contributed by atoms with Crippen LogP contribution in [-0.4, -0.2) is 11.1 Å². The highest BCUT2D eigenvalue weighted by atomic mass is 79.9. The van der Waals surface area contributed by atoms with Crippen LogP contribution in [0.3, 0.4) is 0 Å². The molecule has 0 fully saturated rings. The van der Waals surface area contributed by atoms with E-state index in [0.29, 0.717) is 6.54 Å². The molecule has 6 heteroatoms. The fourth-order valence-corrected chi connectivity index (χ4v) is 2.21. The summed E-state index contributed by atoms with van der Waals surface area (Å²) in [6.45, 7) is 0.293. The third-order valence-electron chi connectivity index (χ3n) is 2.68. The van der Waals surface area contributed by atoms with Gasteiger partial charge in [-0.15, -0.1) is 0 Å². The minimum atomic E-state index is -1.00. The van der Waals surface area contributed by atoms with Crippen LogP contribution in [0.2, 0.25) is 0 Å². The van der Waals surface area contributed by atoms with Crippen LogP contribution in [0, 0.1) is 11.6 Å². The van der Waals surface area contributed by atoms with Gasteiger partial charge in [-0.1, -0.05) is 12.1 Å². The number of rotatable bonds is 4. The van der Waals surface area contributed by atoms with Crippen molar-refractivity contribution in [2.24, 2.45) is 0 Å². The Morgan fingerprint density at radius 3 is 2.40 bits per heavy atom. The number of hydrogen-bond acceptors (Lipinski definition) is 2. The van der Waals surface area contributed by atoms with E-state index < -0.39 is 17.6 Å². The fraction of sp³-hybridized carbons (Fsp3) is 0.0714. The first-order valence-electron chi connectivity index (χ1n) is 5.68. The van der Waals surface area contributed by atoms with Crippen LogP contribution in [0.5, 0.6) is 0 Å². The van der Waals surface area contributed by atoms with Gasteiger partial charge in [0.15, 0.2) is 0 Å². The van der Waals surface area contributed by atoms with Gasteiger partial charge < -0.3 is 10.4 Å². The predicted octanol–water partition coefficient (Wildman–Crippen LogP) is 4.04. The second-order valence-electron chi connectivity index (χ2n) is 4.10. The minimum Gasteiger partial charge on any atom is -0.478 e. The lowest BCUT2D eigenvalue weighted by Crippen LogP contribution is -2.03. The summed E-state index contributed by atoms with van der Waals surface area (Å²) in [6, 6.07) is 8.15. The summed E-state index contributed by atoms with van der Waals surface area (Å²) < 4.78 is 26.8. The zero-order chi connectivity index (χ0) is 14.7. The summed E-state index contributed by atoms with van der Waals surface area (Å²) in [6.07, 6.45) is 0. The maximum absolute atomic E-state index is 13.6. The number of halogens is 3. The van der Waals surface area contributed by atoms with E-state index in [2.05, 4.69) is 21.2 Å². The number of hydrogen-bond donors (Lipinski definition) is 2. The molecule has 0 aliphatic carbocycles. The van der Waals surface area contributed by atoms with Gasteiger partial charge in [0.2, 0.25) is 0 Å². The van der Waals surface area contributed by atoms with Gasteiger partial charge in [-0.2, -0.15) is 0 Å². The number of benzene rings is 2.